The van der Waals surface area contributed by atoms with Crippen LogP contribution in [0.1, 0.15) is 65.4 Å². The standard InChI is InChI=1S/C24H39N3O4/c1-16(2)15-27(20-9-11-26(12-10-20)24(29)31-17(3)4)22-8-7-19(14-21(22)25)18(5)13-23(28)30-6/h7-8,14,16-18,20H,9-13,15,25H2,1-6H3/t18-/m1/s1. The largest absolute Gasteiger partial charge is 0.469 e. The summed E-state index contributed by atoms with van der Waals surface area (Å²) in [5, 5.41) is 0. The molecule has 0 unspecified atom stereocenters. The summed E-state index contributed by atoms with van der Waals surface area (Å²) >= 11 is 0. The summed E-state index contributed by atoms with van der Waals surface area (Å²) in [5.74, 6) is 0.290. The van der Waals surface area contributed by atoms with Gasteiger partial charge in [0.1, 0.15) is 0 Å². The van der Waals surface area contributed by atoms with Crippen molar-refractivity contribution < 1.29 is 19.1 Å². The topological polar surface area (TPSA) is 85.1 Å². The van der Waals surface area contributed by atoms with E-state index >= 15 is 0 Å². The Bertz CT molecular complexity index is 742. The lowest BCUT2D eigenvalue weighted by Gasteiger charge is -2.41. The van der Waals surface area contributed by atoms with Gasteiger partial charge in [0.25, 0.3) is 0 Å². The van der Waals surface area contributed by atoms with E-state index in [1.807, 2.05) is 26.8 Å². The number of nitrogens with zero attached hydrogens (tertiary/aromatic N) is 2. The number of carbonyl (C=O) groups excluding carboxylic acids is 2. The maximum Gasteiger partial charge on any atom is 0.410 e. The van der Waals surface area contributed by atoms with E-state index in [9.17, 15) is 9.59 Å². The zero-order valence-corrected chi connectivity index (χ0v) is 19.9. The lowest BCUT2D eigenvalue weighted by molar-refractivity contribution is -0.140. The summed E-state index contributed by atoms with van der Waals surface area (Å²) in [6.45, 7) is 12.4. The first kappa shape index (κ1) is 24.8. The number of likely N-dealkylation sites (tertiary alicyclic amines) is 1. The molecule has 1 aliphatic heterocycles. The number of hydrogen-bond donors (Lipinski definition) is 1. The van der Waals surface area contributed by atoms with E-state index in [0.29, 0.717) is 31.5 Å². The molecule has 1 amide bonds. The van der Waals surface area contributed by atoms with Gasteiger partial charge in [0.2, 0.25) is 0 Å². The van der Waals surface area contributed by atoms with Crippen LogP contribution in [0.15, 0.2) is 18.2 Å². The van der Waals surface area contributed by atoms with Gasteiger partial charge in [-0.15, -0.1) is 0 Å². The van der Waals surface area contributed by atoms with Gasteiger partial charge in [0.05, 0.1) is 31.0 Å². The molecule has 1 fully saturated rings. The number of methoxy groups -OCH3 is 1. The van der Waals surface area contributed by atoms with Gasteiger partial charge in [-0.3, -0.25) is 4.79 Å². The van der Waals surface area contributed by atoms with E-state index in [4.69, 9.17) is 15.2 Å². The molecule has 1 saturated heterocycles. The molecule has 1 aliphatic rings. The van der Waals surface area contributed by atoms with Gasteiger partial charge >= 0.3 is 12.1 Å². The van der Waals surface area contributed by atoms with Gasteiger partial charge in [-0.1, -0.05) is 26.8 Å². The number of anilines is 2. The van der Waals surface area contributed by atoms with Crippen LogP contribution in [-0.2, 0) is 14.3 Å². The molecule has 0 radical (unpaired) electrons. The number of hydrogen-bond acceptors (Lipinski definition) is 6. The molecule has 2 rings (SSSR count). The zero-order chi connectivity index (χ0) is 23.1. The molecule has 0 bridgehead atoms. The smallest absolute Gasteiger partial charge is 0.410 e. The highest BCUT2D eigenvalue weighted by atomic mass is 16.6. The van der Waals surface area contributed by atoms with E-state index < -0.39 is 0 Å². The van der Waals surface area contributed by atoms with Gasteiger partial charge in [-0.05, 0) is 56.2 Å². The molecule has 7 nitrogen and oxygen atoms in total. The SMILES string of the molecule is COC(=O)C[C@@H](C)c1ccc(N(CC(C)C)C2CCN(C(=O)OC(C)C)CC2)c(N)c1. The zero-order valence-electron chi connectivity index (χ0n) is 19.9. The van der Waals surface area contributed by atoms with Gasteiger partial charge in [-0.25, -0.2) is 4.79 Å². The number of ether oxygens (including phenoxy) is 2. The molecule has 0 saturated carbocycles. The van der Waals surface area contributed by atoms with Crippen LogP contribution in [0.2, 0.25) is 0 Å². The summed E-state index contributed by atoms with van der Waals surface area (Å²) in [6.07, 6.45) is 1.74. The van der Waals surface area contributed by atoms with Crippen LogP contribution in [-0.4, -0.2) is 55.9 Å². The number of amides is 1. The highest BCUT2D eigenvalue weighted by Crippen LogP contribution is 2.33. The third kappa shape index (κ3) is 7.04. The summed E-state index contributed by atoms with van der Waals surface area (Å²) in [6, 6.07) is 6.42. The number of rotatable bonds is 8. The number of nitrogen functional groups attached to an aromatic ring is 1. The molecule has 1 atom stereocenters. The van der Waals surface area contributed by atoms with Crippen LogP contribution in [0.4, 0.5) is 16.2 Å². The van der Waals surface area contributed by atoms with Crippen molar-refractivity contribution in [1.29, 1.82) is 0 Å². The molecule has 0 aliphatic carbocycles. The molecule has 0 aromatic heterocycles. The Hall–Kier alpha value is -2.44. The van der Waals surface area contributed by atoms with E-state index in [0.717, 1.165) is 36.3 Å². The van der Waals surface area contributed by atoms with Gasteiger partial charge < -0.3 is 25.0 Å². The monoisotopic (exact) mass is 433 g/mol. The Morgan fingerprint density at radius 1 is 1.16 bits per heavy atom. The summed E-state index contributed by atoms with van der Waals surface area (Å²) in [4.78, 5) is 28.0. The first-order valence-corrected chi connectivity index (χ1v) is 11.3. The average Bonchev–Trinajstić information content (AvgIpc) is 2.71. The van der Waals surface area contributed by atoms with Crippen LogP contribution < -0.4 is 10.6 Å². The Morgan fingerprint density at radius 2 is 1.81 bits per heavy atom. The summed E-state index contributed by atoms with van der Waals surface area (Å²) in [5.41, 5.74) is 9.26. The van der Waals surface area contributed by atoms with Crippen LogP contribution in [0.3, 0.4) is 0 Å². The molecule has 7 heteroatoms. The number of carbonyl (C=O) groups is 2. The lowest BCUT2D eigenvalue weighted by Crippen LogP contribution is -2.48. The van der Waals surface area contributed by atoms with Crippen molar-refractivity contribution in [2.45, 2.75) is 71.9 Å². The van der Waals surface area contributed by atoms with Crippen molar-refractivity contribution in [2.24, 2.45) is 5.92 Å². The molecule has 1 heterocycles. The van der Waals surface area contributed by atoms with E-state index in [1.165, 1.54) is 7.11 Å². The van der Waals surface area contributed by atoms with Crippen molar-refractivity contribution in [3.8, 4) is 0 Å². The molecular weight excluding hydrogens is 394 g/mol. The van der Waals surface area contributed by atoms with E-state index in [1.54, 1.807) is 4.90 Å². The van der Waals surface area contributed by atoms with Crippen molar-refractivity contribution >= 4 is 23.4 Å². The fourth-order valence-corrected chi connectivity index (χ4v) is 4.07. The van der Waals surface area contributed by atoms with Gasteiger partial charge in [0.15, 0.2) is 0 Å². The van der Waals surface area contributed by atoms with Crippen molar-refractivity contribution in [3.05, 3.63) is 23.8 Å². The second kappa shape index (κ2) is 11.3. The first-order valence-electron chi connectivity index (χ1n) is 11.3. The van der Waals surface area contributed by atoms with Crippen LogP contribution in [0, 0.1) is 5.92 Å². The van der Waals surface area contributed by atoms with E-state index in [-0.39, 0.29) is 24.1 Å². The third-order valence-electron chi connectivity index (χ3n) is 5.69. The Morgan fingerprint density at radius 3 is 2.32 bits per heavy atom. The van der Waals surface area contributed by atoms with Gasteiger partial charge in [-0.2, -0.15) is 0 Å². The molecule has 31 heavy (non-hydrogen) atoms. The molecule has 0 spiro atoms. The summed E-state index contributed by atoms with van der Waals surface area (Å²) < 4.78 is 10.1. The van der Waals surface area contributed by atoms with Crippen molar-refractivity contribution in [1.82, 2.24) is 4.90 Å². The van der Waals surface area contributed by atoms with Crippen molar-refractivity contribution in [2.75, 3.05) is 37.4 Å². The summed E-state index contributed by atoms with van der Waals surface area (Å²) in [7, 11) is 1.41. The second-order valence-electron chi connectivity index (χ2n) is 9.20. The lowest BCUT2D eigenvalue weighted by atomic mass is 9.95. The number of esters is 1. The predicted octanol–water partition coefficient (Wildman–Crippen LogP) is 4.41. The van der Waals surface area contributed by atoms with Crippen LogP contribution in [0.5, 0.6) is 0 Å². The Balaban J connectivity index is 2.14. The molecule has 2 N–H and O–H groups in total. The minimum Gasteiger partial charge on any atom is -0.469 e. The number of nitrogens with two attached hydrogens (primary N) is 1. The van der Waals surface area contributed by atoms with E-state index in [2.05, 4.69) is 30.9 Å². The van der Waals surface area contributed by atoms with Crippen molar-refractivity contribution in [3.63, 3.8) is 0 Å². The average molecular weight is 434 g/mol. The highest BCUT2D eigenvalue weighted by Gasteiger charge is 2.29. The second-order valence-corrected chi connectivity index (χ2v) is 9.20. The first-order chi connectivity index (χ1) is 14.6. The minimum absolute atomic E-state index is 0.0394. The minimum atomic E-state index is -0.229. The number of piperidine rings is 1. The normalized spacial score (nSPS) is 15.8. The molecular formula is C24H39N3O4. The fraction of sp³-hybridized carbons (Fsp3) is 0.667. The number of benzene rings is 1. The molecule has 1 aromatic rings. The van der Waals surface area contributed by atoms with Gasteiger partial charge in [0, 0.05) is 25.7 Å². The molecule has 1 aromatic carbocycles. The maximum atomic E-state index is 12.2. The molecule has 174 valence electrons. The Labute approximate surface area is 186 Å². The third-order valence-corrected chi connectivity index (χ3v) is 5.69. The van der Waals surface area contributed by atoms with Crippen LogP contribution >= 0.6 is 0 Å². The quantitative estimate of drug-likeness (QED) is 0.483. The fourth-order valence-electron chi connectivity index (χ4n) is 4.07. The highest BCUT2D eigenvalue weighted by molar-refractivity contribution is 5.72. The Kier molecular flexibility index (Phi) is 9.01. The maximum absolute atomic E-state index is 12.2. The van der Waals surface area contributed by atoms with Crippen LogP contribution in [0.25, 0.3) is 0 Å². The predicted molar refractivity (Wildman–Crippen MR) is 124 cm³/mol.